The van der Waals surface area contributed by atoms with Crippen molar-refractivity contribution in [1.29, 1.82) is 0 Å². The number of carbonyl (C=O) groups is 1. The zero-order valence-corrected chi connectivity index (χ0v) is 8.94. The molecule has 0 N–H and O–H groups in total. The van der Waals surface area contributed by atoms with Crippen LogP contribution in [-0.4, -0.2) is 6.47 Å². The van der Waals surface area contributed by atoms with E-state index in [1.165, 1.54) is 0 Å². The SMILES string of the molecule is CC.O=COc1ccc2ccccc2c1. The molecule has 0 saturated heterocycles. The minimum absolute atomic E-state index is 0.435. The summed E-state index contributed by atoms with van der Waals surface area (Å²) in [7, 11) is 0. The van der Waals surface area contributed by atoms with E-state index in [4.69, 9.17) is 4.74 Å². The Balaban J connectivity index is 0.000000531. The number of hydrogen-bond acceptors (Lipinski definition) is 2. The van der Waals surface area contributed by atoms with E-state index in [9.17, 15) is 4.79 Å². The second-order valence-corrected chi connectivity index (χ2v) is 2.72. The number of fused-ring (bicyclic) bond motifs is 1. The molecule has 2 aromatic rings. The van der Waals surface area contributed by atoms with Crippen LogP contribution in [0.3, 0.4) is 0 Å². The average Bonchev–Trinajstić information content (AvgIpc) is 2.32. The van der Waals surface area contributed by atoms with E-state index in [1.807, 2.05) is 50.2 Å². The molecular weight excluding hydrogens is 188 g/mol. The van der Waals surface area contributed by atoms with Gasteiger partial charge >= 0.3 is 0 Å². The molecule has 0 spiro atoms. The lowest BCUT2D eigenvalue weighted by Crippen LogP contribution is -1.87. The van der Waals surface area contributed by atoms with Gasteiger partial charge in [0.2, 0.25) is 0 Å². The Kier molecular flexibility index (Phi) is 4.35. The van der Waals surface area contributed by atoms with E-state index < -0.39 is 0 Å². The van der Waals surface area contributed by atoms with E-state index in [0.29, 0.717) is 12.2 Å². The monoisotopic (exact) mass is 202 g/mol. The fraction of sp³-hybridized carbons (Fsp3) is 0.154. The van der Waals surface area contributed by atoms with Gasteiger partial charge in [0.05, 0.1) is 0 Å². The predicted octanol–water partition coefficient (Wildman–Crippen LogP) is 3.40. The first-order chi connectivity index (χ1) is 7.40. The van der Waals surface area contributed by atoms with Gasteiger partial charge in [-0.1, -0.05) is 44.2 Å². The van der Waals surface area contributed by atoms with Gasteiger partial charge < -0.3 is 4.74 Å². The zero-order valence-electron chi connectivity index (χ0n) is 8.94. The van der Waals surface area contributed by atoms with Gasteiger partial charge in [-0.3, -0.25) is 4.79 Å². The lowest BCUT2D eigenvalue weighted by molar-refractivity contribution is -0.120. The van der Waals surface area contributed by atoms with Crippen LogP contribution in [0.1, 0.15) is 13.8 Å². The Hall–Kier alpha value is -1.83. The molecule has 0 saturated carbocycles. The molecule has 0 aromatic heterocycles. The fourth-order valence-corrected chi connectivity index (χ4v) is 1.30. The molecule has 15 heavy (non-hydrogen) atoms. The third-order valence-corrected chi connectivity index (χ3v) is 1.91. The first kappa shape index (κ1) is 11.2. The number of hydrogen-bond donors (Lipinski definition) is 0. The van der Waals surface area contributed by atoms with Gasteiger partial charge in [-0.25, -0.2) is 0 Å². The van der Waals surface area contributed by atoms with Gasteiger partial charge in [0, 0.05) is 0 Å². The van der Waals surface area contributed by atoms with Crippen molar-refractivity contribution in [3.05, 3.63) is 42.5 Å². The highest BCUT2D eigenvalue weighted by Gasteiger charge is 1.94. The summed E-state index contributed by atoms with van der Waals surface area (Å²) in [5, 5.41) is 2.21. The largest absolute Gasteiger partial charge is 0.429 e. The van der Waals surface area contributed by atoms with Crippen LogP contribution in [0.4, 0.5) is 0 Å². The normalized spacial score (nSPS) is 8.93. The maximum atomic E-state index is 10.1. The van der Waals surface area contributed by atoms with Crippen LogP contribution in [0.5, 0.6) is 5.75 Å². The molecule has 0 atom stereocenters. The van der Waals surface area contributed by atoms with E-state index in [0.717, 1.165) is 10.8 Å². The molecule has 0 amide bonds. The smallest absolute Gasteiger partial charge is 0.298 e. The van der Waals surface area contributed by atoms with Crippen LogP contribution in [0.2, 0.25) is 0 Å². The summed E-state index contributed by atoms with van der Waals surface area (Å²) in [6, 6.07) is 13.5. The summed E-state index contributed by atoms with van der Waals surface area (Å²) in [6.45, 7) is 4.43. The van der Waals surface area contributed by atoms with Crippen molar-refractivity contribution in [2.24, 2.45) is 0 Å². The van der Waals surface area contributed by atoms with Gasteiger partial charge in [0.25, 0.3) is 6.47 Å². The lowest BCUT2D eigenvalue weighted by atomic mass is 10.1. The minimum Gasteiger partial charge on any atom is -0.429 e. The molecule has 2 rings (SSSR count). The van der Waals surface area contributed by atoms with Crippen LogP contribution >= 0.6 is 0 Å². The Bertz CT molecular complexity index is 435. The average molecular weight is 202 g/mol. The fourth-order valence-electron chi connectivity index (χ4n) is 1.30. The second kappa shape index (κ2) is 5.81. The zero-order chi connectivity index (χ0) is 11.1. The third kappa shape index (κ3) is 2.81. The highest BCUT2D eigenvalue weighted by Crippen LogP contribution is 2.19. The molecule has 0 heterocycles. The van der Waals surface area contributed by atoms with E-state index in [1.54, 1.807) is 6.07 Å². The second-order valence-electron chi connectivity index (χ2n) is 2.72. The Morgan fingerprint density at radius 1 is 1.00 bits per heavy atom. The molecule has 2 nitrogen and oxygen atoms in total. The summed E-state index contributed by atoms with van der Waals surface area (Å²) in [5.74, 6) is 0.578. The van der Waals surface area contributed by atoms with Crippen molar-refractivity contribution in [2.75, 3.05) is 0 Å². The quantitative estimate of drug-likeness (QED) is 0.697. The van der Waals surface area contributed by atoms with Crippen LogP contribution in [0.15, 0.2) is 42.5 Å². The first-order valence-electron chi connectivity index (χ1n) is 4.99. The van der Waals surface area contributed by atoms with E-state index >= 15 is 0 Å². The molecule has 0 unspecified atom stereocenters. The van der Waals surface area contributed by atoms with Crippen molar-refractivity contribution < 1.29 is 9.53 Å². The summed E-state index contributed by atoms with van der Waals surface area (Å²) in [4.78, 5) is 10.1. The highest BCUT2D eigenvalue weighted by molar-refractivity contribution is 5.83. The molecule has 0 aliphatic carbocycles. The standard InChI is InChI=1S/C11H8O2.C2H6/c12-8-13-11-6-5-9-3-1-2-4-10(9)7-11;1-2/h1-8H;1-2H3. The van der Waals surface area contributed by atoms with Crippen molar-refractivity contribution in [2.45, 2.75) is 13.8 Å². The minimum atomic E-state index is 0.435. The predicted molar refractivity (Wildman–Crippen MR) is 62.0 cm³/mol. The summed E-state index contributed by atoms with van der Waals surface area (Å²) in [5.41, 5.74) is 0. The summed E-state index contributed by atoms with van der Waals surface area (Å²) in [6.07, 6.45) is 0. The van der Waals surface area contributed by atoms with Crippen LogP contribution in [0, 0.1) is 0 Å². The first-order valence-corrected chi connectivity index (χ1v) is 4.99. The Labute approximate surface area is 89.5 Å². The lowest BCUT2D eigenvalue weighted by Gasteiger charge is -1.99. The van der Waals surface area contributed by atoms with E-state index in [2.05, 4.69) is 0 Å². The summed E-state index contributed by atoms with van der Waals surface area (Å²) >= 11 is 0. The van der Waals surface area contributed by atoms with Gasteiger partial charge in [-0.15, -0.1) is 0 Å². The molecule has 0 aliphatic heterocycles. The summed E-state index contributed by atoms with van der Waals surface area (Å²) < 4.78 is 4.73. The molecule has 2 aromatic carbocycles. The molecule has 0 radical (unpaired) electrons. The van der Waals surface area contributed by atoms with Crippen LogP contribution in [0.25, 0.3) is 10.8 Å². The number of carbonyl (C=O) groups excluding carboxylic acids is 1. The Morgan fingerprint density at radius 2 is 1.67 bits per heavy atom. The number of rotatable bonds is 2. The third-order valence-electron chi connectivity index (χ3n) is 1.91. The van der Waals surface area contributed by atoms with Crippen molar-refractivity contribution in [3.63, 3.8) is 0 Å². The van der Waals surface area contributed by atoms with Gasteiger partial charge in [-0.2, -0.15) is 0 Å². The maximum absolute atomic E-state index is 10.1. The topological polar surface area (TPSA) is 26.3 Å². The van der Waals surface area contributed by atoms with Crippen molar-refractivity contribution >= 4 is 17.2 Å². The molecule has 78 valence electrons. The van der Waals surface area contributed by atoms with Gasteiger partial charge in [0.1, 0.15) is 5.75 Å². The molecule has 0 aliphatic rings. The van der Waals surface area contributed by atoms with Gasteiger partial charge in [0.15, 0.2) is 0 Å². The molecule has 0 bridgehead atoms. The van der Waals surface area contributed by atoms with Gasteiger partial charge in [-0.05, 0) is 22.9 Å². The van der Waals surface area contributed by atoms with Crippen LogP contribution in [-0.2, 0) is 4.79 Å². The van der Waals surface area contributed by atoms with Crippen LogP contribution < -0.4 is 4.74 Å². The molecular formula is C13H14O2. The van der Waals surface area contributed by atoms with Crippen molar-refractivity contribution in [3.8, 4) is 5.75 Å². The highest BCUT2D eigenvalue weighted by atomic mass is 16.5. The Morgan fingerprint density at radius 3 is 2.33 bits per heavy atom. The number of benzene rings is 2. The number of ether oxygens (including phenoxy) is 1. The van der Waals surface area contributed by atoms with Crippen molar-refractivity contribution in [1.82, 2.24) is 0 Å². The molecule has 0 fully saturated rings. The van der Waals surface area contributed by atoms with E-state index in [-0.39, 0.29) is 0 Å². The maximum Gasteiger partial charge on any atom is 0.298 e. The molecule has 2 heteroatoms.